The van der Waals surface area contributed by atoms with Gasteiger partial charge in [0, 0.05) is 24.8 Å². The molecule has 0 radical (unpaired) electrons. The van der Waals surface area contributed by atoms with Crippen LogP contribution in [0.1, 0.15) is 27.9 Å². The SMILES string of the molecule is Cc1nnc(NCCc2nc3c(s2)CCC3)o1. The molecule has 0 amide bonds. The molecule has 0 aromatic carbocycles. The van der Waals surface area contributed by atoms with Gasteiger partial charge in [-0.25, -0.2) is 4.98 Å². The Morgan fingerprint density at radius 3 is 3.06 bits per heavy atom. The van der Waals surface area contributed by atoms with Crippen molar-refractivity contribution in [3.63, 3.8) is 0 Å². The second kappa shape index (κ2) is 4.44. The van der Waals surface area contributed by atoms with Crippen molar-refractivity contribution in [2.45, 2.75) is 32.6 Å². The molecule has 0 fully saturated rings. The van der Waals surface area contributed by atoms with E-state index in [2.05, 4.69) is 20.5 Å². The van der Waals surface area contributed by atoms with Crippen LogP contribution in [0.3, 0.4) is 0 Å². The summed E-state index contributed by atoms with van der Waals surface area (Å²) in [6.45, 7) is 2.57. The van der Waals surface area contributed by atoms with Gasteiger partial charge in [-0.1, -0.05) is 5.10 Å². The largest absolute Gasteiger partial charge is 0.408 e. The number of nitrogens with zero attached hydrogens (tertiary/aromatic N) is 3. The molecule has 1 aliphatic rings. The molecule has 5 nitrogen and oxygen atoms in total. The number of fused-ring (bicyclic) bond motifs is 1. The van der Waals surface area contributed by atoms with Crippen molar-refractivity contribution < 1.29 is 4.42 Å². The summed E-state index contributed by atoms with van der Waals surface area (Å²) >= 11 is 1.84. The highest BCUT2D eigenvalue weighted by Gasteiger charge is 2.16. The third kappa shape index (κ3) is 2.31. The first-order valence-electron chi connectivity index (χ1n) is 5.83. The van der Waals surface area contributed by atoms with Crippen molar-refractivity contribution in [1.29, 1.82) is 0 Å². The number of aryl methyl sites for hydroxylation is 3. The molecule has 1 aliphatic carbocycles. The molecule has 90 valence electrons. The molecule has 3 rings (SSSR count). The number of hydrogen-bond acceptors (Lipinski definition) is 6. The van der Waals surface area contributed by atoms with E-state index in [-0.39, 0.29) is 0 Å². The van der Waals surface area contributed by atoms with Crippen LogP contribution in [-0.2, 0) is 19.3 Å². The smallest absolute Gasteiger partial charge is 0.315 e. The van der Waals surface area contributed by atoms with Crippen LogP contribution in [0.5, 0.6) is 0 Å². The highest BCUT2D eigenvalue weighted by atomic mass is 32.1. The van der Waals surface area contributed by atoms with Gasteiger partial charge in [0.2, 0.25) is 5.89 Å². The second-order valence-electron chi connectivity index (χ2n) is 4.13. The molecule has 2 aromatic rings. The maximum absolute atomic E-state index is 5.23. The number of rotatable bonds is 4. The third-order valence-corrected chi connectivity index (χ3v) is 4.00. The standard InChI is InChI=1S/C11H14N4OS/c1-7-14-15-11(16-7)12-6-5-10-13-8-3-2-4-9(8)17-10/h2-6H2,1H3,(H,12,15). The lowest BCUT2D eigenvalue weighted by atomic mass is 10.3. The van der Waals surface area contributed by atoms with E-state index >= 15 is 0 Å². The topological polar surface area (TPSA) is 63.8 Å². The molecule has 0 saturated carbocycles. The van der Waals surface area contributed by atoms with Gasteiger partial charge in [0.05, 0.1) is 10.7 Å². The molecule has 2 aromatic heterocycles. The fourth-order valence-corrected chi connectivity index (χ4v) is 3.15. The van der Waals surface area contributed by atoms with Crippen molar-refractivity contribution in [3.05, 3.63) is 21.5 Å². The summed E-state index contributed by atoms with van der Waals surface area (Å²) in [5.74, 6) is 0.584. The lowest BCUT2D eigenvalue weighted by Gasteiger charge is -1.98. The predicted molar refractivity (Wildman–Crippen MR) is 65.4 cm³/mol. The number of aromatic nitrogens is 3. The van der Waals surface area contributed by atoms with E-state index in [4.69, 9.17) is 4.42 Å². The van der Waals surface area contributed by atoms with E-state index in [0.29, 0.717) is 11.9 Å². The molecule has 0 spiro atoms. The molecule has 0 aliphatic heterocycles. The first-order chi connectivity index (χ1) is 8.31. The van der Waals surface area contributed by atoms with Gasteiger partial charge in [0.1, 0.15) is 0 Å². The van der Waals surface area contributed by atoms with Gasteiger partial charge in [-0.05, 0) is 19.3 Å². The van der Waals surface area contributed by atoms with Crippen LogP contribution < -0.4 is 5.32 Å². The normalized spacial score (nSPS) is 13.9. The summed E-state index contributed by atoms with van der Waals surface area (Å²) < 4.78 is 5.23. The predicted octanol–water partition coefficient (Wildman–Crippen LogP) is 1.98. The van der Waals surface area contributed by atoms with Gasteiger partial charge in [-0.3, -0.25) is 0 Å². The molecule has 0 saturated heterocycles. The molecule has 0 atom stereocenters. The maximum Gasteiger partial charge on any atom is 0.315 e. The van der Waals surface area contributed by atoms with Gasteiger partial charge in [-0.2, -0.15) is 0 Å². The number of hydrogen-bond donors (Lipinski definition) is 1. The van der Waals surface area contributed by atoms with E-state index in [1.165, 1.54) is 28.4 Å². The molecular weight excluding hydrogens is 236 g/mol. The van der Waals surface area contributed by atoms with Crippen molar-refractivity contribution in [2.24, 2.45) is 0 Å². The first kappa shape index (κ1) is 10.7. The Kier molecular flexibility index (Phi) is 2.80. The monoisotopic (exact) mass is 250 g/mol. The summed E-state index contributed by atoms with van der Waals surface area (Å²) in [5.41, 5.74) is 1.32. The fraction of sp³-hybridized carbons (Fsp3) is 0.545. The third-order valence-electron chi connectivity index (χ3n) is 2.78. The van der Waals surface area contributed by atoms with Gasteiger partial charge in [0.15, 0.2) is 0 Å². The maximum atomic E-state index is 5.23. The summed E-state index contributed by atoms with van der Waals surface area (Å²) in [7, 11) is 0. The van der Waals surface area contributed by atoms with Crippen LogP contribution in [-0.4, -0.2) is 21.7 Å². The van der Waals surface area contributed by atoms with E-state index < -0.39 is 0 Å². The van der Waals surface area contributed by atoms with Gasteiger partial charge >= 0.3 is 6.01 Å². The van der Waals surface area contributed by atoms with Crippen LogP contribution in [0.15, 0.2) is 4.42 Å². The highest BCUT2D eigenvalue weighted by Crippen LogP contribution is 2.27. The van der Waals surface area contributed by atoms with Gasteiger partial charge < -0.3 is 9.73 Å². The zero-order valence-corrected chi connectivity index (χ0v) is 10.5. The van der Waals surface area contributed by atoms with Crippen LogP contribution >= 0.6 is 11.3 Å². The Morgan fingerprint density at radius 2 is 2.29 bits per heavy atom. The van der Waals surface area contributed by atoms with Crippen molar-refractivity contribution >= 4 is 17.4 Å². The molecular formula is C11H14N4OS. The minimum absolute atomic E-state index is 0.492. The average molecular weight is 250 g/mol. The molecule has 2 heterocycles. The van der Waals surface area contributed by atoms with Crippen LogP contribution in [0.4, 0.5) is 6.01 Å². The Bertz CT molecular complexity index is 498. The minimum atomic E-state index is 0.492. The number of nitrogens with one attached hydrogen (secondary N) is 1. The van der Waals surface area contributed by atoms with Crippen LogP contribution in [0.2, 0.25) is 0 Å². The van der Waals surface area contributed by atoms with Crippen LogP contribution in [0, 0.1) is 6.92 Å². The van der Waals surface area contributed by atoms with E-state index in [0.717, 1.165) is 19.4 Å². The summed E-state index contributed by atoms with van der Waals surface area (Å²) in [6, 6.07) is 0.492. The molecule has 0 bridgehead atoms. The molecule has 1 N–H and O–H groups in total. The quantitative estimate of drug-likeness (QED) is 0.899. The van der Waals surface area contributed by atoms with Gasteiger partial charge in [-0.15, -0.1) is 16.4 Å². The van der Waals surface area contributed by atoms with E-state index in [1.54, 1.807) is 6.92 Å². The van der Waals surface area contributed by atoms with Crippen molar-refractivity contribution in [2.75, 3.05) is 11.9 Å². The van der Waals surface area contributed by atoms with Crippen molar-refractivity contribution in [1.82, 2.24) is 15.2 Å². The Balaban J connectivity index is 1.54. The zero-order chi connectivity index (χ0) is 11.7. The summed E-state index contributed by atoms with van der Waals surface area (Å²) in [5, 5.41) is 12.0. The highest BCUT2D eigenvalue weighted by molar-refractivity contribution is 7.11. The summed E-state index contributed by atoms with van der Waals surface area (Å²) in [6.07, 6.45) is 4.55. The summed E-state index contributed by atoms with van der Waals surface area (Å²) in [4.78, 5) is 6.12. The molecule has 17 heavy (non-hydrogen) atoms. The van der Waals surface area contributed by atoms with Crippen molar-refractivity contribution in [3.8, 4) is 0 Å². The van der Waals surface area contributed by atoms with E-state index in [9.17, 15) is 0 Å². The Hall–Kier alpha value is -1.43. The Labute approximate surface area is 103 Å². The fourth-order valence-electron chi connectivity index (χ4n) is 2.00. The van der Waals surface area contributed by atoms with E-state index in [1.807, 2.05) is 11.3 Å². The molecule has 6 heteroatoms. The molecule has 0 unspecified atom stereocenters. The number of anilines is 1. The zero-order valence-electron chi connectivity index (χ0n) is 9.69. The first-order valence-corrected chi connectivity index (χ1v) is 6.64. The van der Waals surface area contributed by atoms with Crippen LogP contribution in [0.25, 0.3) is 0 Å². The van der Waals surface area contributed by atoms with Gasteiger partial charge in [0.25, 0.3) is 0 Å². The minimum Gasteiger partial charge on any atom is -0.408 e. The second-order valence-corrected chi connectivity index (χ2v) is 5.30. The Morgan fingerprint density at radius 1 is 1.35 bits per heavy atom. The number of thiazole rings is 1. The lowest BCUT2D eigenvalue weighted by Crippen LogP contribution is -2.05. The lowest BCUT2D eigenvalue weighted by molar-refractivity contribution is 0.531. The average Bonchev–Trinajstić information content (AvgIpc) is 2.94.